The van der Waals surface area contributed by atoms with E-state index in [9.17, 15) is 0 Å². The summed E-state index contributed by atoms with van der Waals surface area (Å²) >= 11 is 0. The van der Waals surface area contributed by atoms with Crippen LogP contribution < -0.4 is 9.80 Å². The van der Waals surface area contributed by atoms with Crippen LogP contribution in [0.5, 0.6) is 0 Å². The fourth-order valence-corrected chi connectivity index (χ4v) is 11.7. The van der Waals surface area contributed by atoms with E-state index in [1.165, 1.54) is 94.7 Å². The van der Waals surface area contributed by atoms with Crippen molar-refractivity contribution in [2.45, 2.75) is 52.4 Å². The molecule has 0 amide bonds. The van der Waals surface area contributed by atoms with Gasteiger partial charge in [-0.05, 0) is 176 Å². The molecule has 338 valence electrons. The lowest BCUT2D eigenvalue weighted by atomic mass is 9.82. The summed E-state index contributed by atoms with van der Waals surface area (Å²) < 4.78 is 0. The fraction of sp³-hybridized carbons (Fsp3) is 0.118. The largest absolute Gasteiger partial charge is 0.310 e. The lowest BCUT2D eigenvalue weighted by Gasteiger charge is -2.31. The van der Waals surface area contributed by atoms with Crippen molar-refractivity contribution in [3.05, 3.63) is 264 Å². The normalized spacial score (nSPS) is 13.5. The number of benzene rings is 10. The Kier molecular flexibility index (Phi) is 10.3. The Labute approximate surface area is 413 Å². The minimum absolute atomic E-state index is 0.110. The Morgan fingerprint density at radius 3 is 1.00 bits per heavy atom. The van der Waals surface area contributed by atoms with Gasteiger partial charge in [-0.15, -0.1) is 0 Å². The number of hydrogen-bond donors (Lipinski definition) is 0. The van der Waals surface area contributed by atoms with E-state index in [1.807, 2.05) is 0 Å². The van der Waals surface area contributed by atoms with Crippen LogP contribution in [-0.2, 0) is 10.8 Å². The van der Waals surface area contributed by atoms with Gasteiger partial charge in [0.2, 0.25) is 0 Å². The Bertz CT molecular complexity index is 3560. The second-order valence-electron chi connectivity index (χ2n) is 20.3. The van der Waals surface area contributed by atoms with Crippen molar-refractivity contribution in [1.29, 1.82) is 0 Å². The molecule has 10 aromatic rings. The van der Waals surface area contributed by atoms with E-state index < -0.39 is 0 Å². The Morgan fingerprint density at radius 1 is 0.257 bits per heavy atom. The first-order valence-electron chi connectivity index (χ1n) is 24.7. The number of rotatable bonds is 9. The summed E-state index contributed by atoms with van der Waals surface area (Å²) in [6.07, 6.45) is 0. The molecule has 2 nitrogen and oxygen atoms in total. The summed E-state index contributed by atoms with van der Waals surface area (Å²) in [5.74, 6) is 0. The predicted molar refractivity (Wildman–Crippen MR) is 297 cm³/mol. The van der Waals surface area contributed by atoms with Crippen molar-refractivity contribution in [3.63, 3.8) is 0 Å². The highest BCUT2D eigenvalue weighted by Crippen LogP contribution is 2.53. The van der Waals surface area contributed by atoms with Crippen molar-refractivity contribution in [1.82, 2.24) is 0 Å². The zero-order valence-electron chi connectivity index (χ0n) is 40.8. The molecule has 0 aliphatic heterocycles. The summed E-state index contributed by atoms with van der Waals surface area (Å²) in [5.41, 5.74) is 27.1. The molecule has 12 rings (SSSR count). The topological polar surface area (TPSA) is 6.48 Å². The number of anilines is 6. The molecule has 0 radical (unpaired) electrons. The van der Waals surface area contributed by atoms with Crippen molar-refractivity contribution in [2.24, 2.45) is 0 Å². The van der Waals surface area contributed by atoms with Crippen LogP contribution in [0.4, 0.5) is 34.1 Å². The lowest BCUT2D eigenvalue weighted by molar-refractivity contribution is 0.660. The van der Waals surface area contributed by atoms with Gasteiger partial charge in [0, 0.05) is 39.3 Å². The smallest absolute Gasteiger partial charge is 0.0520 e. The van der Waals surface area contributed by atoms with Crippen molar-refractivity contribution >= 4 is 34.1 Å². The van der Waals surface area contributed by atoms with Crippen molar-refractivity contribution < 1.29 is 0 Å². The minimum atomic E-state index is -0.116. The maximum Gasteiger partial charge on any atom is 0.0520 e. The zero-order chi connectivity index (χ0) is 47.7. The summed E-state index contributed by atoms with van der Waals surface area (Å²) in [6.45, 7) is 14.0. The van der Waals surface area contributed by atoms with Gasteiger partial charge in [-0.1, -0.05) is 185 Å². The summed E-state index contributed by atoms with van der Waals surface area (Å²) in [6, 6.07) is 85.2. The molecule has 0 fully saturated rings. The van der Waals surface area contributed by atoms with E-state index in [4.69, 9.17) is 0 Å². The molecule has 0 aromatic heterocycles. The number of aryl methyl sites for hydroxylation is 2. The van der Waals surface area contributed by atoms with Crippen LogP contribution in [0.1, 0.15) is 61.1 Å². The van der Waals surface area contributed by atoms with Crippen LogP contribution in [0.3, 0.4) is 0 Å². The maximum absolute atomic E-state index is 2.48. The van der Waals surface area contributed by atoms with Gasteiger partial charge in [-0.2, -0.15) is 0 Å². The molecule has 0 atom stereocenters. The van der Waals surface area contributed by atoms with Gasteiger partial charge in [0.1, 0.15) is 0 Å². The van der Waals surface area contributed by atoms with Gasteiger partial charge in [-0.25, -0.2) is 0 Å². The molecule has 0 saturated heterocycles. The van der Waals surface area contributed by atoms with Gasteiger partial charge >= 0.3 is 0 Å². The van der Waals surface area contributed by atoms with Crippen molar-refractivity contribution in [2.75, 3.05) is 9.80 Å². The monoisotopic (exact) mass is 900 g/mol. The van der Waals surface area contributed by atoms with Gasteiger partial charge in [0.25, 0.3) is 0 Å². The van der Waals surface area contributed by atoms with Crippen LogP contribution >= 0.6 is 0 Å². The van der Waals surface area contributed by atoms with Gasteiger partial charge in [-0.3, -0.25) is 0 Å². The Morgan fingerprint density at radius 2 is 0.571 bits per heavy atom. The minimum Gasteiger partial charge on any atom is -0.310 e. The van der Waals surface area contributed by atoms with Crippen LogP contribution in [0, 0.1) is 13.8 Å². The third-order valence-electron chi connectivity index (χ3n) is 15.3. The summed E-state index contributed by atoms with van der Waals surface area (Å²) in [7, 11) is 0. The molecule has 0 heterocycles. The first kappa shape index (κ1) is 43.1. The molecule has 0 saturated carbocycles. The predicted octanol–water partition coefficient (Wildman–Crippen LogP) is 18.9. The maximum atomic E-state index is 2.48. The molecular weight excluding hydrogens is 845 g/mol. The molecule has 0 spiro atoms. The number of nitrogens with zero attached hydrogens (tertiary/aromatic N) is 2. The number of hydrogen-bond acceptors (Lipinski definition) is 2. The molecule has 2 aliphatic rings. The molecule has 0 N–H and O–H groups in total. The Hall–Kier alpha value is -8.20. The second kappa shape index (κ2) is 16.8. The third-order valence-corrected chi connectivity index (χ3v) is 15.3. The van der Waals surface area contributed by atoms with E-state index in [0.29, 0.717) is 0 Å². The van der Waals surface area contributed by atoms with Crippen LogP contribution in [0.15, 0.2) is 231 Å². The second-order valence-corrected chi connectivity index (χ2v) is 20.3. The molecule has 10 aromatic carbocycles. The van der Waals surface area contributed by atoms with Crippen LogP contribution in [-0.4, -0.2) is 0 Å². The van der Waals surface area contributed by atoms with E-state index in [0.717, 1.165) is 28.4 Å². The van der Waals surface area contributed by atoms with E-state index in [2.05, 4.69) is 282 Å². The average Bonchev–Trinajstić information content (AvgIpc) is 3.77. The lowest BCUT2D eigenvalue weighted by Crippen LogP contribution is -2.17. The molecular formula is C68H56N2. The van der Waals surface area contributed by atoms with Gasteiger partial charge in [0.05, 0.1) is 5.69 Å². The SMILES string of the molecule is Cc1cc(-c2ccc(N(c3ccc(-c4ccccc4)cc3)c3ccc4c(c3)C(C)(C)c3ccccc3-4)cc2)cc(C)c1N(c1ccc(-c2ccccc2)cc1)c1ccc2c(c1)C(C)(C)c1ccccc1-2. The van der Waals surface area contributed by atoms with E-state index in [1.54, 1.807) is 0 Å². The van der Waals surface area contributed by atoms with Crippen LogP contribution in [0.2, 0.25) is 0 Å². The molecule has 0 bridgehead atoms. The highest BCUT2D eigenvalue weighted by molar-refractivity contribution is 5.90. The molecule has 70 heavy (non-hydrogen) atoms. The molecule has 2 heteroatoms. The van der Waals surface area contributed by atoms with E-state index in [-0.39, 0.29) is 10.8 Å². The fourth-order valence-electron chi connectivity index (χ4n) is 11.7. The highest BCUT2D eigenvalue weighted by atomic mass is 15.2. The molecule has 0 unspecified atom stereocenters. The summed E-state index contributed by atoms with van der Waals surface area (Å²) in [4.78, 5) is 4.89. The van der Waals surface area contributed by atoms with Gasteiger partial charge < -0.3 is 9.80 Å². The average molecular weight is 901 g/mol. The van der Waals surface area contributed by atoms with Gasteiger partial charge in [0.15, 0.2) is 0 Å². The van der Waals surface area contributed by atoms with Crippen molar-refractivity contribution in [3.8, 4) is 55.6 Å². The standard InChI is InChI=1S/C68H56N2/c1-45-41-52(42-46(2)66(45)70(55-35-27-50(28-36-55)48-19-11-8-12-20-48)57-38-40-61-59-22-14-16-24-63(59)68(5,6)65(61)44-57)51-29-33-54(34-30-51)69(53-31-25-49(26-32-53)47-17-9-7-10-18-47)56-37-39-60-58-21-13-15-23-62(58)67(3,4)64(60)43-56/h7-44H,1-6H3. The summed E-state index contributed by atoms with van der Waals surface area (Å²) in [5, 5.41) is 0. The first-order valence-corrected chi connectivity index (χ1v) is 24.7. The Balaban J connectivity index is 0.928. The zero-order valence-corrected chi connectivity index (χ0v) is 40.8. The highest BCUT2D eigenvalue weighted by Gasteiger charge is 2.37. The number of fused-ring (bicyclic) bond motifs is 6. The van der Waals surface area contributed by atoms with E-state index >= 15 is 0 Å². The third kappa shape index (κ3) is 7.17. The quantitative estimate of drug-likeness (QED) is 0.142. The molecule has 2 aliphatic carbocycles. The first-order chi connectivity index (χ1) is 34.0. The van der Waals surface area contributed by atoms with Crippen LogP contribution in [0.25, 0.3) is 55.6 Å².